The van der Waals surface area contributed by atoms with Gasteiger partial charge in [-0.15, -0.1) is 0 Å². The maximum Gasteiger partial charge on any atom is 0.222 e. The van der Waals surface area contributed by atoms with Gasteiger partial charge in [-0.3, -0.25) is 4.79 Å². The molecule has 1 heterocycles. The van der Waals surface area contributed by atoms with Gasteiger partial charge >= 0.3 is 0 Å². The van der Waals surface area contributed by atoms with E-state index < -0.39 is 0 Å². The Morgan fingerprint density at radius 3 is 2.48 bits per heavy atom. The Balaban J connectivity index is 1.96. The molecule has 2 aromatic carbocycles. The molecule has 0 unspecified atom stereocenters. The molecule has 4 heteroatoms. The second-order valence-corrected chi connectivity index (χ2v) is 7.15. The minimum atomic E-state index is 0.140. The number of fused-ring (bicyclic) bond motifs is 1. The van der Waals surface area contributed by atoms with Crippen molar-refractivity contribution in [2.45, 2.75) is 26.7 Å². The molecule has 0 fully saturated rings. The molecule has 0 aliphatic carbocycles. The molecular formula is C23H26N2O2. The fraction of sp³-hybridized carbons (Fsp3) is 0.304. The van der Waals surface area contributed by atoms with Gasteiger partial charge in [0.1, 0.15) is 5.75 Å². The molecule has 0 saturated heterocycles. The third-order valence-corrected chi connectivity index (χ3v) is 4.90. The minimum Gasteiger partial charge on any atom is -0.496 e. The molecule has 3 aromatic rings. The largest absolute Gasteiger partial charge is 0.496 e. The number of aryl methyl sites for hydroxylation is 3. The van der Waals surface area contributed by atoms with Crippen molar-refractivity contribution in [2.24, 2.45) is 0 Å². The SMILES string of the molecule is COc1ccc(-c2cc(C)c3ccc(CCC(=O)N(C)C)cc3n2)cc1C. The molecule has 1 amide bonds. The van der Waals surface area contributed by atoms with Crippen molar-refractivity contribution in [3.8, 4) is 17.0 Å². The van der Waals surface area contributed by atoms with Crippen LogP contribution in [0.1, 0.15) is 23.1 Å². The Morgan fingerprint density at radius 1 is 1.04 bits per heavy atom. The Kier molecular flexibility index (Phi) is 5.45. The molecule has 0 spiro atoms. The number of amides is 1. The monoisotopic (exact) mass is 362 g/mol. The van der Waals surface area contributed by atoms with Crippen LogP contribution in [0.3, 0.4) is 0 Å². The zero-order valence-electron chi connectivity index (χ0n) is 16.7. The molecule has 0 radical (unpaired) electrons. The average molecular weight is 362 g/mol. The molecule has 27 heavy (non-hydrogen) atoms. The van der Waals surface area contributed by atoms with Crippen molar-refractivity contribution in [1.82, 2.24) is 9.88 Å². The highest BCUT2D eigenvalue weighted by Gasteiger charge is 2.09. The first-order chi connectivity index (χ1) is 12.9. The lowest BCUT2D eigenvalue weighted by molar-refractivity contribution is -0.128. The first kappa shape index (κ1) is 18.9. The van der Waals surface area contributed by atoms with Crippen LogP contribution >= 0.6 is 0 Å². The zero-order valence-corrected chi connectivity index (χ0v) is 16.7. The summed E-state index contributed by atoms with van der Waals surface area (Å²) in [7, 11) is 5.26. The highest BCUT2D eigenvalue weighted by atomic mass is 16.5. The van der Waals surface area contributed by atoms with E-state index in [1.54, 1.807) is 26.1 Å². The normalized spacial score (nSPS) is 10.9. The number of hydrogen-bond donors (Lipinski definition) is 0. The number of carbonyl (C=O) groups is 1. The van der Waals surface area contributed by atoms with E-state index in [0.717, 1.165) is 45.5 Å². The number of hydrogen-bond acceptors (Lipinski definition) is 3. The van der Waals surface area contributed by atoms with Gasteiger partial charge in [-0.1, -0.05) is 12.1 Å². The van der Waals surface area contributed by atoms with Crippen LogP contribution in [0, 0.1) is 13.8 Å². The van der Waals surface area contributed by atoms with Gasteiger partial charge in [-0.05, 0) is 67.3 Å². The smallest absolute Gasteiger partial charge is 0.222 e. The van der Waals surface area contributed by atoms with Gasteiger partial charge in [-0.25, -0.2) is 4.98 Å². The lowest BCUT2D eigenvalue weighted by atomic mass is 10.0. The minimum absolute atomic E-state index is 0.140. The van der Waals surface area contributed by atoms with E-state index >= 15 is 0 Å². The highest BCUT2D eigenvalue weighted by Crippen LogP contribution is 2.28. The molecule has 0 N–H and O–H groups in total. The molecule has 0 saturated carbocycles. The quantitative estimate of drug-likeness (QED) is 0.669. The van der Waals surface area contributed by atoms with Crippen molar-refractivity contribution >= 4 is 16.8 Å². The van der Waals surface area contributed by atoms with Gasteiger partial charge in [0.2, 0.25) is 5.91 Å². The van der Waals surface area contributed by atoms with Crippen molar-refractivity contribution < 1.29 is 9.53 Å². The van der Waals surface area contributed by atoms with Gasteiger partial charge in [0.25, 0.3) is 0 Å². The molecule has 4 nitrogen and oxygen atoms in total. The van der Waals surface area contributed by atoms with Crippen LogP contribution in [0.25, 0.3) is 22.2 Å². The van der Waals surface area contributed by atoms with Gasteiger partial charge in [0, 0.05) is 31.5 Å². The first-order valence-corrected chi connectivity index (χ1v) is 9.14. The van der Waals surface area contributed by atoms with Crippen molar-refractivity contribution in [2.75, 3.05) is 21.2 Å². The van der Waals surface area contributed by atoms with E-state index in [1.165, 1.54) is 5.56 Å². The van der Waals surface area contributed by atoms with Crippen LogP contribution in [0.5, 0.6) is 5.75 Å². The average Bonchev–Trinajstić information content (AvgIpc) is 2.65. The third kappa shape index (κ3) is 4.11. The van der Waals surface area contributed by atoms with Gasteiger partial charge < -0.3 is 9.64 Å². The summed E-state index contributed by atoms with van der Waals surface area (Å²) in [5.74, 6) is 1.02. The molecule has 140 valence electrons. The number of nitrogens with zero attached hydrogens (tertiary/aromatic N) is 2. The summed E-state index contributed by atoms with van der Waals surface area (Å²) >= 11 is 0. The predicted molar refractivity (Wildman–Crippen MR) is 110 cm³/mol. The Morgan fingerprint density at radius 2 is 1.81 bits per heavy atom. The fourth-order valence-corrected chi connectivity index (χ4v) is 3.26. The number of aromatic nitrogens is 1. The second-order valence-electron chi connectivity index (χ2n) is 7.15. The maximum atomic E-state index is 11.9. The summed E-state index contributed by atoms with van der Waals surface area (Å²) in [5, 5.41) is 1.15. The highest BCUT2D eigenvalue weighted by molar-refractivity contribution is 5.86. The number of benzene rings is 2. The first-order valence-electron chi connectivity index (χ1n) is 9.14. The van der Waals surface area contributed by atoms with E-state index in [9.17, 15) is 4.79 Å². The van der Waals surface area contributed by atoms with Crippen molar-refractivity contribution in [1.29, 1.82) is 0 Å². The summed E-state index contributed by atoms with van der Waals surface area (Å²) in [6, 6.07) is 14.6. The topological polar surface area (TPSA) is 42.4 Å². The van der Waals surface area contributed by atoms with Crippen LogP contribution in [0.4, 0.5) is 0 Å². The summed E-state index contributed by atoms with van der Waals surface area (Å²) in [4.78, 5) is 18.4. The van der Waals surface area contributed by atoms with Crippen LogP contribution in [0.15, 0.2) is 42.5 Å². The molecule has 0 atom stereocenters. The molecule has 1 aromatic heterocycles. The van der Waals surface area contributed by atoms with E-state index in [1.807, 2.05) is 19.1 Å². The number of rotatable bonds is 5. The number of methoxy groups -OCH3 is 1. The number of pyridine rings is 1. The summed E-state index contributed by atoms with van der Waals surface area (Å²) in [5.41, 5.74) is 6.41. The lowest BCUT2D eigenvalue weighted by Gasteiger charge is -2.12. The molecule has 3 rings (SSSR count). The predicted octanol–water partition coefficient (Wildman–Crippen LogP) is 4.55. The van der Waals surface area contributed by atoms with Gasteiger partial charge in [0.05, 0.1) is 18.3 Å². The summed E-state index contributed by atoms with van der Waals surface area (Å²) < 4.78 is 5.36. The van der Waals surface area contributed by atoms with Crippen molar-refractivity contribution in [3.63, 3.8) is 0 Å². The van der Waals surface area contributed by atoms with E-state index in [4.69, 9.17) is 9.72 Å². The maximum absolute atomic E-state index is 11.9. The van der Waals surface area contributed by atoms with Gasteiger partial charge in [0.15, 0.2) is 0 Å². The zero-order chi connectivity index (χ0) is 19.6. The number of carbonyl (C=O) groups excluding carboxylic acids is 1. The van der Waals surface area contributed by atoms with Gasteiger partial charge in [-0.2, -0.15) is 0 Å². The summed E-state index contributed by atoms with van der Waals surface area (Å²) in [6.45, 7) is 4.15. The fourth-order valence-electron chi connectivity index (χ4n) is 3.26. The lowest BCUT2D eigenvalue weighted by Crippen LogP contribution is -2.21. The Bertz CT molecular complexity index is 993. The molecule has 0 aliphatic heterocycles. The number of ether oxygens (including phenoxy) is 1. The van der Waals surface area contributed by atoms with Crippen molar-refractivity contribution in [3.05, 3.63) is 59.2 Å². The molecular weight excluding hydrogens is 336 g/mol. The standard InChI is InChI=1S/C23H26N2O2/c1-15-13-20(18-8-10-22(27-5)16(2)12-18)24-21-14-17(6-9-19(15)21)7-11-23(26)25(3)4/h6,8-10,12-14H,7,11H2,1-5H3. The van der Waals surface area contributed by atoms with E-state index in [-0.39, 0.29) is 5.91 Å². The Hall–Kier alpha value is -2.88. The van der Waals surface area contributed by atoms with Crippen LogP contribution in [0.2, 0.25) is 0 Å². The van der Waals surface area contributed by atoms with Crippen LogP contribution in [-0.4, -0.2) is 37.0 Å². The Labute approximate surface area is 160 Å². The summed E-state index contributed by atoms with van der Waals surface area (Å²) in [6.07, 6.45) is 1.23. The second kappa shape index (κ2) is 7.78. The van der Waals surface area contributed by atoms with E-state index in [0.29, 0.717) is 6.42 Å². The van der Waals surface area contributed by atoms with Crippen LogP contribution < -0.4 is 4.74 Å². The third-order valence-electron chi connectivity index (χ3n) is 4.90. The molecule has 0 bridgehead atoms. The van der Waals surface area contributed by atoms with E-state index in [2.05, 4.69) is 37.3 Å². The van der Waals surface area contributed by atoms with Crippen LogP contribution in [-0.2, 0) is 11.2 Å². The molecule has 0 aliphatic rings.